The summed E-state index contributed by atoms with van der Waals surface area (Å²) in [5.74, 6) is 1.69. The number of likely N-dealkylation sites (N-methyl/N-ethyl adjacent to an activating group) is 1. The molecule has 31 heavy (non-hydrogen) atoms. The van der Waals surface area contributed by atoms with Crippen LogP contribution in [0.4, 0.5) is 5.95 Å². The average Bonchev–Trinajstić information content (AvgIpc) is 3.46. The van der Waals surface area contributed by atoms with Crippen LogP contribution in [0.25, 0.3) is 16.8 Å². The lowest BCUT2D eigenvalue weighted by Crippen LogP contribution is -2.15. The summed E-state index contributed by atoms with van der Waals surface area (Å²) in [4.78, 5) is 11.4. The van der Waals surface area contributed by atoms with Crippen LogP contribution >= 0.6 is 0 Å². The lowest BCUT2D eigenvalue weighted by Gasteiger charge is -2.12. The van der Waals surface area contributed by atoms with Crippen molar-refractivity contribution >= 4 is 11.6 Å². The fourth-order valence-corrected chi connectivity index (χ4v) is 3.86. The van der Waals surface area contributed by atoms with Gasteiger partial charge in [0.1, 0.15) is 12.1 Å². The number of nitrogens with one attached hydrogen (secondary N) is 1. The molecule has 1 N–H and O–H groups in total. The van der Waals surface area contributed by atoms with Gasteiger partial charge in [0.15, 0.2) is 5.65 Å². The van der Waals surface area contributed by atoms with Crippen LogP contribution in [0.2, 0.25) is 0 Å². The standard InChI is InChI=1S/C23H25N7O/c1-29(2)10-8-18-7-6-17(12-24-18)20-14-26-23(30-15-27-28-22(20)30)25-13-16-4-3-5-21-19(16)9-11-31-21/h3-7,12,14-15H,8-11,13H2,1-2H3,(H,25,26). The van der Waals surface area contributed by atoms with Gasteiger partial charge >= 0.3 is 0 Å². The summed E-state index contributed by atoms with van der Waals surface area (Å²) >= 11 is 0. The summed E-state index contributed by atoms with van der Waals surface area (Å²) in [6.45, 7) is 2.38. The van der Waals surface area contributed by atoms with E-state index in [0.29, 0.717) is 12.5 Å². The largest absolute Gasteiger partial charge is 0.493 e. The molecule has 8 nitrogen and oxygen atoms in total. The van der Waals surface area contributed by atoms with Gasteiger partial charge in [0.25, 0.3) is 0 Å². The fraction of sp³-hybridized carbons (Fsp3) is 0.304. The molecule has 0 amide bonds. The minimum absolute atomic E-state index is 0.661. The van der Waals surface area contributed by atoms with Gasteiger partial charge in [-0.1, -0.05) is 18.2 Å². The quantitative estimate of drug-likeness (QED) is 0.497. The van der Waals surface area contributed by atoms with Gasteiger partial charge in [-0.05, 0) is 31.8 Å². The monoisotopic (exact) mass is 415 g/mol. The first kappa shape index (κ1) is 19.4. The molecule has 4 aromatic rings. The number of aromatic nitrogens is 5. The van der Waals surface area contributed by atoms with Gasteiger partial charge in [0.05, 0.1) is 6.61 Å². The molecule has 158 valence electrons. The van der Waals surface area contributed by atoms with Gasteiger partial charge in [0, 0.05) is 60.7 Å². The van der Waals surface area contributed by atoms with E-state index in [1.165, 1.54) is 11.1 Å². The molecule has 0 saturated heterocycles. The number of benzene rings is 1. The summed E-state index contributed by atoms with van der Waals surface area (Å²) in [7, 11) is 4.13. The number of ether oxygens (including phenoxy) is 1. The second-order valence-electron chi connectivity index (χ2n) is 7.96. The van der Waals surface area contributed by atoms with Crippen LogP contribution in [0, 0.1) is 0 Å². The molecule has 5 rings (SSSR count). The minimum atomic E-state index is 0.661. The summed E-state index contributed by atoms with van der Waals surface area (Å²) in [6, 6.07) is 10.3. The Morgan fingerprint density at radius 1 is 1.13 bits per heavy atom. The van der Waals surface area contributed by atoms with Crippen molar-refractivity contribution in [3.05, 3.63) is 65.9 Å². The van der Waals surface area contributed by atoms with E-state index in [-0.39, 0.29) is 0 Å². The highest BCUT2D eigenvalue weighted by atomic mass is 16.5. The molecule has 8 heteroatoms. The minimum Gasteiger partial charge on any atom is -0.493 e. The molecule has 0 aliphatic carbocycles. The number of pyridine rings is 1. The van der Waals surface area contributed by atoms with Crippen molar-refractivity contribution in [1.82, 2.24) is 29.5 Å². The van der Waals surface area contributed by atoms with Gasteiger partial charge in [0.2, 0.25) is 5.95 Å². The third-order valence-corrected chi connectivity index (χ3v) is 5.56. The van der Waals surface area contributed by atoms with E-state index in [9.17, 15) is 0 Å². The highest BCUT2D eigenvalue weighted by Crippen LogP contribution is 2.29. The summed E-state index contributed by atoms with van der Waals surface area (Å²) in [6.07, 6.45) is 7.27. The number of rotatable bonds is 7. The molecule has 3 aromatic heterocycles. The maximum Gasteiger partial charge on any atom is 0.210 e. The highest BCUT2D eigenvalue weighted by molar-refractivity contribution is 5.77. The molecule has 0 spiro atoms. The molecule has 0 atom stereocenters. The van der Waals surface area contributed by atoms with Crippen molar-refractivity contribution in [2.75, 3.05) is 32.6 Å². The normalized spacial score (nSPS) is 12.9. The summed E-state index contributed by atoms with van der Waals surface area (Å²) < 4.78 is 7.56. The lowest BCUT2D eigenvalue weighted by atomic mass is 10.1. The van der Waals surface area contributed by atoms with E-state index in [0.717, 1.165) is 54.2 Å². The zero-order valence-electron chi connectivity index (χ0n) is 17.7. The maximum atomic E-state index is 5.67. The molecule has 0 unspecified atom stereocenters. The van der Waals surface area contributed by atoms with Crippen molar-refractivity contribution in [2.45, 2.75) is 19.4 Å². The third kappa shape index (κ3) is 3.94. The van der Waals surface area contributed by atoms with Crippen LogP contribution in [0.5, 0.6) is 5.75 Å². The Bertz CT molecular complexity index is 1200. The zero-order chi connectivity index (χ0) is 21.2. The van der Waals surface area contributed by atoms with E-state index in [1.807, 2.05) is 28.9 Å². The van der Waals surface area contributed by atoms with Gasteiger partial charge in [-0.2, -0.15) is 0 Å². The molecular formula is C23H25N7O. The molecule has 1 aromatic carbocycles. The highest BCUT2D eigenvalue weighted by Gasteiger charge is 2.16. The van der Waals surface area contributed by atoms with Crippen molar-refractivity contribution in [2.24, 2.45) is 0 Å². The molecule has 4 heterocycles. The Labute approximate surface area is 180 Å². The number of fused-ring (bicyclic) bond motifs is 2. The van der Waals surface area contributed by atoms with E-state index in [1.54, 1.807) is 6.33 Å². The predicted molar refractivity (Wildman–Crippen MR) is 119 cm³/mol. The number of nitrogens with zero attached hydrogens (tertiary/aromatic N) is 6. The van der Waals surface area contributed by atoms with Gasteiger partial charge in [-0.15, -0.1) is 10.2 Å². The van der Waals surface area contributed by atoms with Crippen LogP contribution in [0.3, 0.4) is 0 Å². The van der Waals surface area contributed by atoms with Gasteiger partial charge in [-0.3, -0.25) is 9.38 Å². The Kier molecular flexibility index (Phi) is 5.21. The first-order valence-corrected chi connectivity index (χ1v) is 10.5. The van der Waals surface area contributed by atoms with E-state index >= 15 is 0 Å². The predicted octanol–water partition coefficient (Wildman–Crippen LogP) is 2.84. The lowest BCUT2D eigenvalue weighted by molar-refractivity contribution is 0.357. The summed E-state index contributed by atoms with van der Waals surface area (Å²) in [5, 5.41) is 11.9. The summed E-state index contributed by atoms with van der Waals surface area (Å²) in [5.41, 5.74) is 6.20. The Morgan fingerprint density at radius 2 is 2.06 bits per heavy atom. The van der Waals surface area contributed by atoms with Crippen molar-refractivity contribution in [3.63, 3.8) is 0 Å². The van der Waals surface area contributed by atoms with E-state index in [4.69, 9.17) is 4.74 Å². The fourth-order valence-electron chi connectivity index (χ4n) is 3.86. The third-order valence-electron chi connectivity index (χ3n) is 5.56. The first-order chi connectivity index (χ1) is 15.2. The van der Waals surface area contributed by atoms with E-state index < -0.39 is 0 Å². The van der Waals surface area contributed by atoms with Gasteiger partial charge < -0.3 is 15.0 Å². The van der Waals surface area contributed by atoms with Crippen molar-refractivity contribution in [1.29, 1.82) is 0 Å². The second kappa shape index (κ2) is 8.31. The van der Waals surface area contributed by atoms with Crippen LogP contribution < -0.4 is 10.1 Å². The Hall–Kier alpha value is -3.52. The van der Waals surface area contributed by atoms with Crippen molar-refractivity contribution in [3.8, 4) is 16.9 Å². The number of anilines is 1. The van der Waals surface area contributed by atoms with Crippen LogP contribution in [0.1, 0.15) is 16.8 Å². The number of hydrogen-bond donors (Lipinski definition) is 1. The SMILES string of the molecule is CN(C)CCc1ccc(-c2cnc(NCc3cccc4c3CCO4)n3cnnc23)cn1. The first-order valence-electron chi connectivity index (χ1n) is 10.5. The van der Waals surface area contributed by atoms with Crippen molar-refractivity contribution < 1.29 is 4.74 Å². The van der Waals surface area contributed by atoms with Gasteiger partial charge in [-0.25, -0.2) is 4.98 Å². The average molecular weight is 416 g/mol. The number of hydrogen-bond acceptors (Lipinski definition) is 7. The Morgan fingerprint density at radius 3 is 2.90 bits per heavy atom. The molecular weight excluding hydrogens is 390 g/mol. The smallest absolute Gasteiger partial charge is 0.210 e. The molecule has 1 aliphatic heterocycles. The van der Waals surface area contributed by atoms with Crippen LogP contribution in [-0.4, -0.2) is 56.7 Å². The molecule has 0 radical (unpaired) electrons. The molecule has 1 aliphatic rings. The van der Waals surface area contributed by atoms with Crippen LogP contribution in [-0.2, 0) is 19.4 Å². The molecule has 0 bridgehead atoms. The zero-order valence-corrected chi connectivity index (χ0v) is 17.7. The molecule has 0 saturated carbocycles. The maximum absolute atomic E-state index is 5.67. The topological polar surface area (TPSA) is 80.5 Å². The van der Waals surface area contributed by atoms with E-state index in [2.05, 4.69) is 62.7 Å². The van der Waals surface area contributed by atoms with Crippen LogP contribution in [0.15, 0.2) is 49.1 Å². The second-order valence-corrected chi connectivity index (χ2v) is 7.96. The Balaban J connectivity index is 1.38. The molecule has 0 fully saturated rings.